The molecule has 152 valence electrons. The summed E-state index contributed by atoms with van der Waals surface area (Å²) in [5, 5.41) is 6.42. The number of alkyl carbamates (subject to hydrolysis) is 1. The number of hydrogen-bond donors (Lipinski definition) is 3. The van der Waals surface area contributed by atoms with E-state index in [1.54, 1.807) is 18.2 Å². The molecule has 3 amide bonds. The van der Waals surface area contributed by atoms with Crippen molar-refractivity contribution < 1.29 is 23.9 Å². The number of nitrogens with zero attached hydrogens (tertiary/aromatic N) is 1. The molecular formula is C20H22N4O5. The maximum Gasteiger partial charge on any atom is 0.408 e. The first-order valence-electron chi connectivity index (χ1n) is 9.75. The molecule has 1 aromatic carbocycles. The topological polar surface area (TPSA) is 113 Å². The second-order valence-corrected chi connectivity index (χ2v) is 7.82. The van der Waals surface area contributed by atoms with Gasteiger partial charge in [-0.3, -0.25) is 9.59 Å². The Labute approximate surface area is 166 Å². The summed E-state index contributed by atoms with van der Waals surface area (Å²) >= 11 is 0. The highest BCUT2D eigenvalue weighted by atomic mass is 16.6. The number of aromatic nitrogens is 1. The van der Waals surface area contributed by atoms with Crippen LogP contribution in [-0.2, 0) is 9.53 Å². The zero-order chi connectivity index (χ0) is 20.1. The van der Waals surface area contributed by atoms with Crippen molar-refractivity contribution in [3.05, 3.63) is 30.0 Å². The zero-order valence-corrected chi connectivity index (χ0v) is 15.9. The van der Waals surface area contributed by atoms with Gasteiger partial charge in [0.2, 0.25) is 0 Å². The SMILES string of the molecule is COc1cccc2[nH]cc(C(=O)N[C@@H]3CC4CC3CN4C(=O)[C@H]3CNC(=O)O3)c12. The number of hydrogen-bond acceptors (Lipinski definition) is 5. The highest BCUT2D eigenvalue weighted by molar-refractivity contribution is 6.09. The van der Waals surface area contributed by atoms with Crippen LogP contribution in [0.4, 0.5) is 4.79 Å². The van der Waals surface area contributed by atoms with Crippen LogP contribution >= 0.6 is 0 Å². The summed E-state index contributed by atoms with van der Waals surface area (Å²) in [5.41, 5.74) is 1.40. The predicted molar refractivity (Wildman–Crippen MR) is 103 cm³/mol. The molecule has 9 nitrogen and oxygen atoms in total. The lowest BCUT2D eigenvalue weighted by Gasteiger charge is -2.32. The molecular weight excluding hydrogens is 376 g/mol. The number of benzene rings is 1. The standard InChI is InChI=1S/C20H22N4O5/c1-28-15-4-2-3-13-17(15)12(7-21-13)18(25)23-14-6-11-5-10(14)9-24(11)19(26)16-8-22-20(27)29-16/h2-4,7,10-11,14,16,21H,5-6,8-9H2,1H3,(H,22,27)(H,23,25)/t10?,11?,14-,16-/m1/s1. The lowest BCUT2D eigenvalue weighted by Crippen LogP contribution is -2.50. The van der Waals surface area contributed by atoms with Crippen LogP contribution in [0.3, 0.4) is 0 Å². The molecule has 3 heterocycles. The summed E-state index contributed by atoms with van der Waals surface area (Å²) in [6.07, 6.45) is 1.96. The Morgan fingerprint density at radius 3 is 2.86 bits per heavy atom. The first kappa shape index (κ1) is 17.8. The van der Waals surface area contributed by atoms with E-state index in [0.29, 0.717) is 24.3 Å². The number of methoxy groups -OCH3 is 1. The fourth-order valence-electron chi connectivity index (χ4n) is 4.86. The van der Waals surface area contributed by atoms with Crippen molar-refractivity contribution in [2.24, 2.45) is 5.92 Å². The van der Waals surface area contributed by atoms with Gasteiger partial charge in [0.15, 0.2) is 6.10 Å². The highest BCUT2D eigenvalue weighted by Gasteiger charge is 2.49. The average Bonchev–Trinajstić information content (AvgIpc) is 3.49. The number of carbonyl (C=O) groups is 3. The number of carbonyl (C=O) groups excluding carboxylic acids is 3. The molecule has 2 aromatic rings. The minimum atomic E-state index is -0.742. The largest absolute Gasteiger partial charge is 0.496 e. The molecule has 2 saturated heterocycles. The third kappa shape index (κ3) is 2.88. The molecule has 3 aliphatic rings. The average molecular weight is 398 g/mol. The Morgan fingerprint density at radius 1 is 1.31 bits per heavy atom. The fraction of sp³-hybridized carbons (Fsp3) is 0.450. The van der Waals surface area contributed by atoms with Gasteiger partial charge in [0, 0.05) is 30.3 Å². The van der Waals surface area contributed by atoms with Crippen LogP contribution in [0.1, 0.15) is 23.2 Å². The van der Waals surface area contributed by atoms with Crippen LogP contribution in [0.5, 0.6) is 5.75 Å². The van der Waals surface area contributed by atoms with Crippen LogP contribution in [-0.4, -0.2) is 66.2 Å². The van der Waals surface area contributed by atoms with Crippen molar-refractivity contribution in [1.29, 1.82) is 0 Å². The van der Waals surface area contributed by atoms with E-state index in [2.05, 4.69) is 15.6 Å². The summed E-state index contributed by atoms with van der Waals surface area (Å²) in [4.78, 5) is 41.7. The molecule has 9 heteroatoms. The molecule has 2 unspecified atom stereocenters. The number of H-pyrrole nitrogens is 1. The minimum Gasteiger partial charge on any atom is -0.496 e. The van der Waals surface area contributed by atoms with Crippen LogP contribution in [0, 0.1) is 5.92 Å². The minimum absolute atomic E-state index is 0.0143. The van der Waals surface area contributed by atoms with E-state index in [1.807, 2.05) is 18.2 Å². The van der Waals surface area contributed by atoms with Crippen molar-refractivity contribution in [1.82, 2.24) is 20.5 Å². The summed E-state index contributed by atoms with van der Waals surface area (Å²) in [7, 11) is 1.59. The van der Waals surface area contributed by atoms with E-state index < -0.39 is 12.2 Å². The maximum absolute atomic E-state index is 12.9. The lowest BCUT2D eigenvalue weighted by molar-refractivity contribution is -0.140. The van der Waals surface area contributed by atoms with E-state index >= 15 is 0 Å². The number of piperidine rings is 1. The molecule has 2 bridgehead atoms. The van der Waals surface area contributed by atoms with Gasteiger partial charge in [-0.1, -0.05) is 6.07 Å². The number of fused-ring (bicyclic) bond motifs is 3. The third-order valence-electron chi connectivity index (χ3n) is 6.23. The van der Waals surface area contributed by atoms with Crippen molar-refractivity contribution in [3.8, 4) is 5.75 Å². The van der Waals surface area contributed by atoms with Crippen LogP contribution in [0.2, 0.25) is 0 Å². The van der Waals surface area contributed by atoms with Gasteiger partial charge >= 0.3 is 6.09 Å². The second kappa shape index (κ2) is 6.68. The van der Waals surface area contributed by atoms with E-state index in [-0.39, 0.29) is 36.4 Å². The lowest BCUT2D eigenvalue weighted by atomic mass is 10.0. The quantitative estimate of drug-likeness (QED) is 0.711. The normalized spacial score (nSPS) is 27.8. The number of rotatable bonds is 4. The van der Waals surface area contributed by atoms with Crippen molar-refractivity contribution >= 4 is 28.8 Å². The van der Waals surface area contributed by atoms with E-state index in [4.69, 9.17) is 9.47 Å². The Hall–Kier alpha value is -3.23. The summed E-state index contributed by atoms with van der Waals surface area (Å²) < 4.78 is 10.4. The monoisotopic (exact) mass is 398 g/mol. The number of nitrogens with one attached hydrogen (secondary N) is 3. The predicted octanol–water partition coefficient (Wildman–Crippen LogP) is 1.00. The summed E-state index contributed by atoms with van der Waals surface area (Å²) in [5.74, 6) is 0.551. The number of cyclic esters (lactones) is 1. The molecule has 0 spiro atoms. The van der Waals surface area contributed by atoms with Gasteiger partial charge in [-0.05, 0) is 30.9 Å². The molecule has 2 aliphatic heterocycles. The van der Waals surface area contributed by atoms with E-state index in [9.17, 15) is 14.4 Å². The molecule has 1 aromatic heterocycles. The van der Waals surface area contributed by atoms with Gasteiger partial charge in [-0.15, -0.1) is 0 Å². The fourth-order valence-corrected chi connectivity index (χ4v) is 4.86. The Bertz CT molecular complexity index is 1000. The van der Waals surface area contributed by atoms with Gasteiger partial charge in [0.25, 0.3) is 11.8 Å². The van der Waals surface area contributed by atoms with Gasteiger partial charge in [0.1, 0.15) is 5.75 Å². The molecule has 29 heavy (non-hydrogen) atoms. The van der Waals surface area contributed by atoms with Crippen molar-refractivity contribution in [3.63, 3.8) is 0 Å². The molecule has 0 radical (unpaired) electrons. The zero-order valence-electron chi connectivity index (χ0n) is 15.9. The molecule has 3 N–H and O–H groups in total. The van der Waals surface area contributed by atoms with Crippen LogP contribution in [0.15, 0.2) is 24.4 Å². The molecule has 1 aliphatic carbocycles. The smallest absolute Gasteiger partial charge is 0.408 e. The van der Waals surface area contributed by atoms with Gasteiger partial charge < -0.3 is 30.0 Å². The summed E-state index contributed by atoms with van der Waals surface area (Å²) in [6, 6.07) is 5.69. The van der Waals surface area contributed by atoms with Crippen LogP contribution in [0.25, 0.3) is 10.9 Å². The Balaban J connectivity index is 1.26. The van der Waals surface area contributed by atoms with Crippen LogP contribution < -0.4 is 15.4 Å². The van der Waals surface area contributed by atoms with Crippen molar-refractivity contribution in [2.75, 3.05) is 20.2 Å². The third-order valence-corrected chi connectivity index (χ3v) is 6.23. The number of aromatic amines is 1. The Kier molecular flexibility index (Phi) is 4.11. The van der Waals surface area contributed by atoms with Gasteiger partial charge in [-0.25, -0.2) is 4.79 Å². The Morgan fingerprint density at radius 2 is 2.17 bits per heavy atom. The first-order chi connectivity index (χ1) is 14.0. The second-order valence-electron chi connectivity index (χ2n) is 7.82. The first-order valence-corrected chi connectivity index (χ1v) is 9.75. The molecule has 3 fully saturated rings. The maximum atomic E-state index is 12.9. The molecule has 4 atom stereocenters. The van der Waals surface area contributed by atoms with E-state index in [1.165, 1.54) is 0 Å². The van der Waals surface area contributed by atoms with Gasteiger partial charge in [0.05, 0.1) is 24.6 Å². The highest BCUT2D eigenvalue weighted by Crippen LogP contribution is 2.39. The van der Waals surface area contributed by atoms with E-state index in [0.717, 1.165) is 17.3 Å². The number of ether oxygens (including phenoxy) is 2. The van der Waals surface area contributed by atoms with Gasteiger partial charge in [-0.2, -0.15) is 0 Å². The molecule has 1 saturated carbocycles. The van der Waals surface area contributed by atoms with Crippen molar-refractivity contribution in [2.45, 2.75) is 31.0 Å². The number of likely N-dealkylation sites (tertiary alicyclic amines) is 1. The summed E-state index contributed by atoms with van der Waals surface area (Å²) in [6.45, 7) is 0.786. The number of amides is 3. The molecule has 5 rings (SSSR count).